The molecule has 0 atom stereocenters. The van der Waals surface area contributed by atoms with Gasteiger partial charge in [-0.2, -0.15) is 0 Å². The van der Waals surface area contributed by atoms with Crippen LogP contribution in [0.15, 0.2) is 18.2 Å². The van der Waals surface area contributed by atoms with Crippen molar-refractivity contribution < 1.29 is 0 Å². The Balaban J connectivity index is 1.53. The number of anilines is 1. The van der Waals surface area contributed by atoms with Gasteiger partial charge in [-0.15, -0.1) is 0 Å². The molecule has 0 aromatic heterocycles. The van der Waals surface area contributed by atoms with Gasteiger partial charge >= 0.3 is 0 Å². The van der Waals surface area contributed by atoms with Gasteiger partial charge in [-0.1, -0.05) is 32.3 Å². The van der Waals surface area contributed by atoms with E-state index >= 15 is 0 Å². The second-order valence-electron chi connectivity index (χ2n) is 6.49. The van der Waals surface area contributed by atoms with Gasteiger partial charge in [0.05, 0.1) is 0 Å². The number of fused-ring (bicyclic) bond motifs is 1. The van der Waals surface area contributed by atoms with E-state index < -0.39 is 0 Å². The van der Waals surface area contributed by atoms with Crippen LogP contribution in [0.1, 0.15) is 50.2 Å². The minimum atomic E-state index is 0.907. The van der Waals surface area contributed by atoms with E-state index in [0.717, 1.165) is 30.6 Å². The molecule has 1 aromatic carbocycles. The fourth-order valence-electron chi connectivity index (χ4n) is 3.80. The van der Waals surface area contributed by atoms with Gasteiger partial charge in [-0.05, 0) is 47.9 Å². The average Bonchev–Trinajstić information content (AvgIpc) is 2.81. The van der Waals surface area contributed by atoms with E-state index in [4.69, 9.17) is 5.73 Å². The van der Waals surface area contributed by atoms with Crippen molar-refractivity contribution in [3.8, 4) is 0 Å². The molecule has 0 bridgehead atoms. The second kappa shape index (κ2) is 5.54. The van der Waals surface area contributed by atoms with E-state index in [1.165, 1.54) is 49.8 Å². The molecule has 1 fully saturated rings. The summed E-state index contributed by atoms with van der Waals surface area (Å²) in [5.41, 5.74) is 9.71. The van der Waals surface area contributed by atoms with Crippen molar-refractivity contribution in [2.45, 2.75) is 52.1 Å². The third kappa shape index (κ3) is 2.94. The molecule has 0 amide bonds. The number of rotatable bonds is 3. The molecule has 2 nitrogen and oxygen atoms in total. The van der Waals surface area contributed by atoms with E-state index in [-0.39, 0.29) is 0 Å². The zero-order valence-corrected chi connectivity index (χ0v) is 12.1. The first-order valence-electron chi connectivity index (χ1n) is 7.84. The van der Waals surface area contributed by atoms with E-state index in [1.54, 1.807) is 0 Å². The summed E-state index contributed by atoms with van der Waals surface area (Å²) in [6.07, 6.45) is 7.16. The van der Waals surface area contributed by atoms with Crippen LogP contribution >= 0.6 is 0 Å². The summed E-state index contributed by atoms with van der Waals surface area (Å²) in [5, 5.41) is 0. The van der Waals surface area contributed by atoms with Crippen molar-refractivity contribution in [1.29, 1.82) is 0 Å². The number of nitrogens with zero attached hydrogens (tertiary/aromatic N) is 1. The summed E-state index contributed by atoms with van der Waals surface area (Å²) in [7, 11) is 0. The molecule has 0 radical (unpaired) electrons. The number of nitrogen functional groups attached to an aromatic ring is 1. The molecule has 1 aliphatic carbocycles. The standard InChI is InChI=1S/C17H26N2/c1-2-13-3-5-14(6-4-13)10-19-11-15-7-8-17(18)9-16(15)12-19/h7-9,13-14H,2-6,10-12,18H2,1H3. The predicted molar refractivity (Wildman–Crippen MR) is 80.7 cm³/mol. The highest BCUT2D eigenvalue weighted by Gasteiger charge is 2.25. The Labute approximate surface area is 117 Å². The minimum Gasteiger partial charge on any atom is -0.399 e. The highest BCUT2D eigenvalue weighted by Crippen LogP contribution is 2.33. The van der Waals surface area contributed by atoms with Crippen molar-refractivity contribution in [2.75, 3.05) is 12.3 Å². The van der Waals surface area contributed by atoms with E-state index in [1.807, 2.05) is 6.07 Å². The predicted octanol–water partition coefficient (Wildman–Crippen LogP) is 3.80. The van der Waals surface area contributed by atoms with Crippen LogP contribution in [0.3, 0.4) is 0 Å². The monoisotopic (exact) mass is 258 g/mol. The largest absolute Gasteiger partial charge is 0.399 e. The molecule has 0 unspecified atom stereocenters. The van der Waals surface area contributed by atoms with Crippen LogP contribution in [-0.2, 0) is 13.1 Å². The maximum absolute atomic E-state index is 5.87. The Hall–Kier alpha value is -1.02. The maximum atomic E-state index is 5.87. The lowest BCUT2D eigenvalue weighted by atomic mass is 9.81. The summed E-state index contributed by atoms with van der Waals surface area (Å²) < 4.78 is 0. The summed E-state index contributed by atoms with van der Waals surface area (Å²) in [6.45, 7) is 5.86. The molecular formula is C17H26N2. The summed E-state index contributed by atoms with van der Waals surface area (Å²) in [4.78, 5) is 2.61. The molecule has 104 valence electrons. The molecule has 2 N–H and O–H groups in total. The van der Waals surface area contributed by atoms with Crippen LogP contribution in [0.4, 0.5) is 5.69 Å². The molecule has 1 aromatic rings. The highest BCUT2D eigenvalue weighted by molar-refractivity contribution is 5.46. The molecule has 2 heteroatoms. The molecule has 19 heavy (non-hydrogen) atoms. The Kier molecular flexibility index (Phi) is 3.79. The van der Waals surface area contributed by atoms with E-state index in [2.05, 4.69) is 24.0 Å². The Bertz CT molecular complexity index is 433. The van der Waals surface area contributed by atoms with Crippen molar-refractivity contribution in [3.63, 3.8) is 0 Å². The fourth-order valence-corrected chi connectivity index (χ4v) is 3.80. The SMILES string of the molecule is CCC1CCC(CN2Cc3ccc(N)cc3C2)CC1. The van der Waals surface area contributed by atoms with Crippen LogP contribution < -0.4 is 5.73 Å². The molecule has 1 saturated carbocycles. The first-order valence-corrected chi connectivity index (χ1v) is 7.84. The average molecular weight is 258 g/mol. The van der Waals surface area contributed by atoms with Crippen molar-refractivity contribution in [1.82, 2.24) is 4.90 Å². The molecular weight excluding hydrogens is 232 g/mol. The van der Waals surface area contributed by atoms with Gasteiger partial charge in [0.25, 0.3) is 0 Å². The molecule has 2 aliphatic rings. The zero-order chi connectivity index (χ0) is 13.2. The van der Waals surface area contributed by atoms with Crippen LogP contribution in [-0.4, -0.2) is 11.4 Å². The Morgan fingerprint density at radius 3 is 2.47 bits per heavy atom. The highest BCUT2D eigenvalue weighted by atomic mass is 15.1. The van der Waals surface area contributed by atoms with Gasteiger partial charge in [0.15, 0.2) is 0 Å². The van der Waals surface area contributed by atoms with Crippen molar-refractivity contribution >= 4 is 5.69 Å². The number of hydrogen-bond acceptors (Lipinski definition) is 2. The van der Waals surface area contributed by atoms with Gasteiger partial charge in [0.2, 0.25) is 0 Å². The molecule has 1 aliphatic heterocycles. The zero-order valence-electron chi connectivity index (χ0n) is 12.1. The van der Waals surface area contributed by atoms with Gasteiger partial charge in [0, 0.05) is 25.3 Å². The number of benzene rings is 1. The fraction of sp³-hybridized carbons (Fsp3) is 0.647. The first kappa shape index (κ1) is 13.0. The third-order valence-corrected chi connectivity index (χ3v) is 5.08. The third-order valence-electron chi connectivity index (χ3n) is 5.08. The van der Waals surface area contributed by atoms with Crippen molar-refractivity contribution in [2.24, 2.45) is 11.8 Å². The smallest absolute Gasteiger partial charge is 0.0317 e. The minimum absolute atomic E-state index is 0.907. The summed E-state index contributed by atoms with van der Waals surface area (Å²) in [5.74, 6) is 1.93. The van der Waals surface area contributed by atoms with Crippen molar-refractivity contribution in [3.05, 3.63) is 29.3 Å². The second-order valence-corrected chi connectivity index (χ2v) is 6.49. The first-order chi connectivity index (χ1) is 9.24. The molecule has 3 rings (SSSR count). The van der Waals surface area contributed by atoms with Crippen LogP contribution in [0, 0.1) is 11.8 Å². The van der Waals surface area contributed by atoms with Gasteiger partial charge < -0.3 is 5.73 Å². The van der Waals surface area contributed by atoms with Gasteiger partial charge in [0.1, 0.15) is 0 Å². The van der Waals surface area contributed by atoms with E-state index in [0.29, 0.717) is 0 Å². The van der Waals surface area contributed by atoms with Crippen LogP contribution in [0.5, 0.6) is 0 Å². The molecule has 1 heterocycles. The lowest BCUT2D eigenvalue weighted by Gasteiger charge is -2.30. The van der Waals surface area contributed by atoms with Crippen LogP contribution in [0.25, 0.3) is 0 Å². The summed E-state index contributed by atoms with van der Waals surface area (Å²) >= 11 is 0. The Morgan fingerprint density at radius 1 is 1.05 bits per heavy atom. The molecule has 0 spiro atoms. The molecule has 0 saturated heterocycles. The lowest BCUT2D eigenvalue weighted by Crippen LogP contribution is -2.27. The Morgan fingerprint density at radius 2 is 1.74 bits per heavy atom. The van der Waals surface area contributed by atoms with Gasteiger partial charge in [-0.3, -0.25) is 4.90 Å². The maximum Gasteiger partial charge on any atom is 0.0317 e. The topological polar surface area (TPSA) is 29.3 Å². The van der Waals surface area contributed by atoms with E-state index in [9.17, 15) is 0 Å². The number of hydrogen-bond donors (Lipinski definition) is 1. The van der Waals surface area contributed by atoms with Crippen LogP contribution in [0.2, 0.25) is 0 Å². The quantitative estimate of drug-likeness (QED) is 0.836. The van der Waals surface area contributed by atoms with Gasteiger partial charge in [-0.25, -0.2) is 0 Å². The normalized spacial score (nSPS) is 27.4. The number of nitrogens with two attached hydrogens (primary N) is 1. The summed E-state index contributed by atoms with van der Waals surface area (Å²) in [6, 6.07) is 6.40. The lowest BCUT2D eigenvalue weighted by molar-refractivity contribution is 0.179.